The van der Waals surface area contributed by atoms with Crippen LogP contribution in [0.15, 0.2) is 36.5 Å². The number of hydrogen-bond acceptors (Lipinski definition) is 7. The zero-order chi connectivity index (χ0) is 55.6. The van der Waals surface area contributed by atoms with Gasteiger partial charge in [-0.15, -0.1) is 0 Å². The molecule has 0 spiro atoms. The van der Waals surface area contributed by atoms with Crippen LogP contribution < -0.4 is 0 Å². The average molecular weight is 1090 g/mol. The highest BCUT2D eigenvalue weighted by molar-refractivity contribution is 7.47. The Morgan fingerprint density at radius 1 is 0.408 bits per heavy atom. The molecule has 0 saturated heterocycles. The summed E-state index contributed by atoms with van der Waals surface area (Å²) in [7, 11) is 1.48. The number of carbonyl (C=O) groups excluding carboxylic acids is 2. The Hall–Kier alpha value is -1.77. The third-order valence-corrected chi connectivity index (χ3v) is 15.6. The first kappa shape index (κ1) is 74.2. The molecule has 0 bridgehead atoms. The Morgan fingerprint density at radius 3 is 1.08 bits per heavy atom. The largest absolute Gasteiger partial charge is 0.472 e. The Bertz CT molecular complexity index is 1380. The molecule has 2 atom stereocenters. The van der Waals surface area contributed by atoms with E-state index in [1.54, 1.807) is 0 Å². The van der Waals surface area contributed by atoms with Gasteiger partial charge in [0.25, 0.3) is 0 Å². The first-order valence-electron chi connectivity index (χ1n) is 32.7. The number of phosphoric ester groups is 1. The number of rotatable bonds is 61. The van der Waals surface area contributed by atoms with Crippen LogP contribution in [0.1, 0.15) is 322 Å². The Balaban J connectivity index is 3.89. The SMILES string of the molecule is CCCCC/C=C\C/C=C\CCCCCCCC(=O)OC(COC(=O)CCCCCCCCCCCCCCCCCCCCCCCCCCC/C=C\CCCCCCCCCC)COP(=O)(O)OCC[N+](C)(C)C. The summed E-state index contributed by atoms with van der Waals surface area (Å²) in [6, 6.07) is 0. The number of unbranched alkanes of at least 4 members (excludes halogenated alkanes) is 41. The molecule has 0 aliphatic carbocycles. The van der Waals surface area contributed by atoms with Crippen molar-refractivity contribution >= 4 is 19.8 Å². The molecule has 10 heteroatoms. The molecule has 0 aliphatic rings. The summed E-state index contributed by atoms with van der Waals surface area (Å²) >= 11 is 0. The number of ether oxygens (including phenoxy) is 2. The molecular formula is C66H127NO8P+. The smallest absolute Gasteiger partial charge is 0.462 e. The Morgan fingerprint density at radius 2 is 0.711 bits per heavy atom. The number of allylic oxidation sites excluding steroid dienone is 6. The minimum atomic E-state index is -4.39. The summed E-state index contributed by atoms with van der Waals surface area (Å²) in [4.78, 5) is 35.7. The molecule has 76 heavy (non-hydrogen) atoms. The minimum Gasteiger partial charge on any atom is -0.462 e. The van der Waals surface area contributed by atoms with Gasteiger partial charge >= 0.3 is 19.8 Å². The fourth-order valence-corrected chi connectivity index (χ4v) is 10.3. The summed E-state index contributed by atoms with van der Waals surface area (Å²) < 4.78 is 34.6. The van der Waals surface area contributed by atoms with Gasteiger partial charge in [-0.2, -0.15) is 0 Å². The summed E-state index contributed by atoms with van der Waals surface area (Å²) in [5.41, 5.74) is 0. The van der Waals surface area contributed by atoms with Gasteiger partial charge in [0.15, 0.2) is 6.10 Å². The van der Waals surface area contributed by atoms with Crippen LogP contribution in [0.2, 0.25) is 0 Å². The lowest BCUT2D eigenvalue weighted by Gasteiger charge is -2.24. The molecule has 0 aromatic rings. The number of carbonyl (C=O) groups is 2. The van der Waals surface area contributed by atoms with Crippen molar-refractivity contribution in [3.8, 4) is 0 Å². The number of quaternary nitrogens is 1. The van der Waals surface area contributed by atoms with Crippen LogP contribution in [0.3, 0.4) is 0 Å². The van der Waals surface area contributed by atoms with E-state index in [1.807, 2.05) is 21.1 Å². The predicted octanol–water partition coefficient (Wildman–Crippen LogP) is 20.7. The topological polar surface area (TPSA) is 108 Å². The second-order valence-electron chi connectivity index (χ2n) is 23.5. The standard InChI is InChI=1S/C66H126NO8P/c1-6-8-10-12-14-16-18-20-22-23-24-25-26-27-28-29-30-31-32-33-34-35-36-37-38-39-40-41-42-43-45-46-48-50-52-54-56-58-65(68)72-62-64(63-74-76(70,71)73-61-60-67(3,4)5)75-66(69)59-57-55-53-51-49-47-44-21-19-17-15-13-11-9-7-2/h15,17,21,23-24,44,64H,6-14,16,18-20,22,25-43,45-63H2,1-5H3/p+1/b17-15-,24-23-,44-21-. The van der Waals surface area contributed by atoms with Crippen LogP contribution in [-0.2, 0) is 32.7 Å². The quantitative estimate of drug-likeness (QED) is 0.0211. The lowest BCUT2D eigenvalue weighted by atomic mass is 10.0. The maximum Gasteiger partial charge on any atom is 0.472 e. The number of hydrogen-bond donors (Lipinski definition) is 1. The van der Waals surface area contributed by atoms with Gasteiger partial charge in [0.2, 0.25) is 0 Å². The van der Waals surface area contributed by atoms with Crippen molar-refractivity contribution < 1.29 is 42.1 Å². The highest BCUT2D eigenvalue weighted by Gasteiger charge is 2.27. The van der Waals surface area contributed by atoms with E-state index in [1.165, 1.54) is 231 Å². The normalized spacial score (nSPS) is 13.4. The average Bonchev–Trinajstić information content (AvgIpc) is 3.38. The third kappa shape index (κ3) is 61.4. The van der Waals surface area contributed by atoms with Gasteiger partial charge in [0, 0.05) is 12.8 Å². The fraction of sp³-hybridized carbons (Fsp3) is 0.879. The fourth-order valence-electron chi connectivity index (χ4n) is 9.57. The molecule has 0 rings (SSSR count). The zero-order valence-electron chi connectivity index (χ0n) is 51.0. The van der Waals surface area contributed by atoms with Crippen LogP contribution in [0, 0.1) is 0 Å². The number of likely N-dealkylation sites (N-methyl/N-ethyl adjacent to an activating group) is 1. The highest BCUT2D eigenvalue weighted by atomic mass is 31.2. The molecule has 0 aromatic heterocycles. The van der Waals surface area contributed by atoms with E-state index in [-0.39, 0.29) is 25.6 Å². The molecule has 1 N–H and O–H groups in total. The van der Waals surface area contributed by atoms with Crippen molar-refractivity contribution in [2.45, 2.75) is 328 Å². The molecule has 0 amide bonds. The molecule has 0 aliphatic heterocycles. The summed E-state index contributed by atoms with van der Waals surface area (Å²) in [6.45, 7) is 4.43. The van der Waals surface area contributed by atoms with Crippen molar-refractivity contribution in [2.24, 2.45) is 0 Å². The number of nitrogens with zero attached hydrogens (tertiary/aromatic N) is 1. The van der Waals surface area contributed by atoms with Crippen LogP contribution in [0.25, 0.3) is 0 Å². The Labute approximate surface area is 471 Å². The first-order chi connectivity index (χ1) is 37.0. The van der Waals surface area contributed by atoms with Crippen molar-refractivity contribution in [2.75, 3.05) is 47.5 Å². The van der Waals surface area contributed by atoms with Crippen molar-refractivity contribution in [1.29, 1.82) is 0 Å². The maximum absolute atomic E-state index is 12.8. The van der Waals surface area contributed by atoms with Gasteiger partial charge in [-0.25, -0.2) is 4.57 Å². The minimum absolute atomic E-state index is 0.0304. The summed E-state index contributed by atoms with van der Waals surface area (Å²) in [6.07, 6.45) is 72.6. The molecule has 0 radical (unpaired) electrons. The van der Waals surface area contributed by atoms with Crippen LogP contribution >= 0.6 is 7.82 Å². The molecule has 0 saturated carbocycles. The van der Waals surface area contributed by atoms with E-state index in [2.05, 4.69) is 50.3 Å². The van der Waals surface area contributed by atoms with Crippen LogP contribution in [0.5, 0.6) is 0 Å². The van der Waals surface area contributed by atoms with E-state index in [0.717, 1.165) is 57.8 Å². The van der Waals surface area contributed by atoms with E-state index in [4.69, 9.17) is 18.5 Å². The van der Waals surface area contributed by atoms with Gasteiger partial charge in [0.1, 0.15) is 19.8 Å². The van der Waals surface area contributed by atoms with Crippen molar-refractivity contribution in [3.63, 3.8) is 0 Å². The van der Waals surface area contributed by atoms with Gasteiger partial charge in [-0.3, -0.25) is 18.6 Å². The molecular weight excluding hydrogens is 966 g/mol. The van der Waals surface area contributed by atoms with Crippen LogP contribution in [-0.4, -0.2) is 74.9 Å². The van der Waals surface area contributed by atoms with Gasteiger partial charge in [-0.1, -0.05) is 275 Å². The van der Waals surface area contributed by atoms with Gasteiger partial charge in [0.05, 0.1) is 27.7 Å². The van der Waals surface area contributed by atoms with E-state index in [9.17, 15) is 19.0 Å². The summed E-state index contributed by atoms with van der Waals surface area (Å²) in [5.74, 6) is -0.800. The molecule has 0 aromatic carbocycles. The lowest BCUT2D eigenvalue weighted by molar-refractivity contribution is -0.870. The molecule has 9 nitrogen and oxygen atoms in total. The van der Waals surface area contributed by atoms with Crippen molar-refractivity contribution in [3.05, 3.63) is 36.5 Å². The zero-order valence-corrected chi connectivity index (χ0v) is 51.9. The highest BCUT2D eigenvalue weighted by Crippen LogP contribution is 2.43. The van der Waals surface area contributed by atoms with E-state index >= 15 is 0 Å². The second-order valence-corrected chi connectivity index (χ2v) is 25.0. The van der Waals surface area contributed by atoms with Crippen LogP contribution in [0.4, 0.5) is 0 Å². The third-order valence-electron chi connectivity index (χ3n) is 14.6. The maximum atomic E-state index is 12.8. The van der Waals surface area contributed by atoms with E-state index < -0.39 is 26.5 Å². The number of phosphoric acid groups is 1. The predicted molar refractivity (Wildman–Crippen MR) is 326 cm³/mol. The van der Waals surface area contributed by atoms with Gasteiger partial charge < -0.3 is 18.9 Å². The first-order valence-corrected chi connectivity index (χ1v) is 34.2. The molecule has 0 heterocycles. The monoisotopic (exact) mass is 1090 g/mol. The van der Waals surface area contributed by atoms with Gasteiger partial charge in [-0.05, 0) is 70.6 Å². The Kier molecular flexibility index (Phi) is 56.6. The molecule has 448 valence electrons. The second kappa shape index (κ2) is 57.9. The summed E-state index contributed by atoms with van der Waals surface area (Å²) in [5, 5.41) is 0. The molecule has 2 unspecified atom stereocenters. The number of esters is 2. The van der Waals surface area contributed by atoms with Crippen molar-refractivity contribution in [1.82, 2.24) is 0 Å². The lowest BCUT2D eigenvalue weighted by Crippen LogP contribution is -2.37. The molecule has 0 fully saturated rings. The van der Waals surface area contributed by atoms with E-state index in [0.29, 0.717) is 23.9 Å².